The van der Waals surface area contributed by atoms with Crippen LogP contribution in [0.4, 0.5) is 5.82 Å². The first-order chi connectivity index (χ1) is 7.36. The van der Waals surface area contributed by atoms with Crippen LogP contribution in [0.5, 0.6) is 0 Å². The van der Waals surface area contributed by atoms with E-state index in [1.165, 1.54) is 0 Å². The number of aromatic nitrogens is 1. The highest BCUT2D eigenvalue weighted by atomic mass is 32.1. The molecule has 0 saturated carbocycles. The Morgan fingerprint density at radius 2 is 1.73 bits per heavy atom. The standard InChI is InChI=1S/C12H10N2S/c15-12(10-6-2-1-3-7-10)14-11-8-4-5-9-13-11/h1-9H,(H,13,14,15). The normalized spacial score (nSPS) is 9.60. The van der Waals surface area contributed by atoms with Gasteiger partial charge < -0.3 is 5.32 Å². The van der Waals surface area contributed by atoms with Gasteiger partial charge in [0.2, 0.25) is 0 Å². The Bertz CT molecular complexity index is 440. The molecule has 0 spiro atoms. The second-order valence-corrected chi connectivity index (χ2v) is 3.44. The second kappa shape index (κ2) is 4.66. The fourth-order valence-electron chi connectivity index (χ4n) is 1.21. The van der Waals surface area contributed by atoms with Gasteiger partial charge in [0.05, 0.1) is 0 Å². The van der Waals surface area contributed by atoms with E-state index in [1.54, 1.807) is 6.20 Å². The van der Waals surface area contributed by atoms with E-state index in [2.05, 4.69) is 10.3 Å². The zero-order chi connectivity index (χ0) is 10.5. The zero-order valence-corrected chi connectivity index (χ0v) is 8.87. The maximum absolute atomic E-state index is 5.25. The van der Waals surface area contributed by atoms with E-state index in [0.29, 0.717) is 4.99 Å². The van der Waals surface area contributed by atoms with Crippen molar-refractivity contribution in [3.63, 3.8) is 0 Å². The largest absolute Gasteiger partial charge is 0.331 e. The molecule has 74 valence electrons. The van der Waals surface area contributed by atoms with Crippen LogP contribution in [-0.4, -0.2) is 9.97 Å². The molecular weight excluding hydrogens is 204 g/mol. The molecule has 3 heteroatoms. The van der Waals surface area contributed by atoms with Crippen molar-refractivity contribution < 1.29 is 0 Å². The smallest absolute Gasteiger partial charge is 0.130 e. The van der Waals surface area contributed by atoms with Crippen LogP contribution in [-0.2, 0) is 0 Å². The lowest BCUT2D eigenvalue weighted by Gasteiger charge is -2.06. The first kappa shape index (κ1) is 9.80. The molecule has 1 N–H and O–H groups in total. The molecule has 0 aliphatic heterocycles. The Balaban J connectivity index is 2.12. The molecule has 1 aromatic carbocycles. The first-order valence-corrected chi connectivity index (χ1v) is 5.04. The van der Waals surface area contributed by atoms with Gasteiger partial charge in [0.15, 0.2) is 0 Å². The van der Waals surface area contributed by atoms with Gasteiger partial charge in [-0.05, 0) is 12.1 Å². The molecular formula is C12H10N2S. The van der Waals surface area contributed by atoms with Crippen molar-refractivity contribution in [2.24, 2.45) is 0 Å². The third-order valence-electron chi connectivity index (χ3n) is 1.94. The number of thiocarbonyl (C=S) groups is 1. The van der Waals surface area contributed by atoms with Crippen LogP contribution in [0.15, 0.2) is 54.7 Å². The van der Waals surface area contributed by atoms with Crippen LogP contribution in [0, 0.1) is 0 Å². The predicted molar refractivity (Wildman–Crippen MR) is 66.0 cm³/mol. The van der Waals surface area contributed by atoms with Crippen molar-refractivity contribution in [1.29, 1.82) is 0 Å². The summed E-state index contributed by atoms with van der Waals surface area (Å²) in [5, 5.41) is 3.08. The fourth-order valence-corrected chi connectivity index (χ4v) is 1.46. The molecule has 0 radical (unpaired) electrons. The van der Waals surface area contributed by atoms with Gasteiger partial charge in [-0.2, -0.15) is 0 Å². The molecule has 0 atom stereocenters. The summed E-state index contributed by atoms with van der Waals surface area (Å²) in [7, 11) is 0. The molecule has 0 fully saturated rings. The van der Waals surface area contributed by atoms with Crippen molar-refractivity contribution in [2.75, 3.05) is 5.32 Å². The number of nitrogens with zero attached hydrogens (tertiary/aromatic N) is 1. The van der Waals surface area contributed by atoms with Crippen LogP contribution in [0.3, 0.4) is 0 Å². The van der Waals surface area contributed by atoms with E-state index >= 15 is 0 Å². The number of nitrogens with one attached hydrogen (secondary N) is 1. The number of pyridine rings is 1. The lowest BCUT2D eigenvalue weighted by Crippen LogP contribution is -2.10. The molecule has 1 heterocycles. The Morgan fingerprint density at radius 3 is 2.40 bits per heavy atom. The van der Waals surface area contributed by atoms with Crippen molar-refractivity contribution >= 4 is 23.0 Å². The molecule has 1 aromatic heterocycles. The van der Waals surface area contributed by atoms with Crippen molar-refractivity contribution in [3.8, 4) is 0 Å². The van der Waals surface area contributed by atoms with Crippen LogP contribution >= 0.6 is 12.2 Å². The zero-order valence-electron chi connectivity index (χ0n) is 8.05. The maximum atomic E-state index is 5.25. The Hall–Kier alpha value is -1.74. The molecule has 0 bridgehead atoms. The molecule has 0 unspecified atom stereocenters. The van der Waals surface area contributed by atoms with Crippen molar-refractivity contribution in [2.45, 2.75) is 0 Å². The predicted octanol–water partition coefficient (Wildman–Crippen LogP) is 2.87. The summed E-state index contributed by atoms with van der Waals surface area (Å²) in [5.74, 6) is 0.770. The first-order valence-electron chi connectivity index (χ1n) is 4.64. The van der Waals surface area contributed by atoms with Crippen LogP contribution in [0.2, 0.25) is 0 Å². The highest BCUT2D eigenvalue weighted by molar-refractivity contribution is 7.81. The van der Waals surface area contributed by atoms with E-state index in [1.807, 2.05) is 48.5 Å². The van der Waals surface area contributed by atoms with Gasteiger partial charge in [-0.1, -0.05) is 48.6 Å². The maximum Gasteiger partial charge on any atom is 0.130 e. The Kier molecular flexibility index (Phi) is 3.05. The lowest BCUT2D eigenvalue weighted by atomic mass is 10.2. The number of hydrogen-bond donors (Lipinski definition) is 1. The van der Waals surface area contributed by atoms with Crippen LogP contribution < -0.4 is 5.32 Å². The minimum atomic E-state index is 0.689. The summed E-state index contributed by atoms with van der Waals surface area (Å²) in [6, 6.07) is 15.5. The molecule has 0 saturated heterocycles. The SMILES string of the molecule is S=C(Nc1ccccn1)c1ccccc1. The van der Waals surface area contributed by atoms with Gasteiger partial charge in [0.25, 0.3) is 0 Å². The summed E-state index contributed by atoms with van der Waals surface area (Å²) < 4.78 is 0. The number of anilines is 1. The molecule has 0 amide bonds. The highest BCUT2D eigenvalue weighted by Crippen LogP contribution is 2.06. The number of benzene rings is 1. The Labute approximate surface area is 94.0 Å². The van der Waals surface area contributed by atoms with Crippen molar-refractivity contribution in [1.82, 2.24) is 4.98 Å². The highest BCUT2D eigenvalue weighted by Gasteiger charge is 2.00. The minimum absolute atomic E-state index is 0.689. The van der Waals surface area contributed by atoms with Crippen LogP contribution in [0.1, 0.15) is 5.56 Å². The molecule has 15 heavy (non-hydrogen) atoms. The number of rotatable bonds is 2. The molecule has 2 aromatic rings. The van der Waals surface area contributed by atoms with Gasteiger partial charge in [-0.15, -0.1) is 0 Å². The van der Waals surface area contributed by atoms with Gasteiger partial charge in [0.1, 0.15) is 10.8 Å². The van der Waals surface area contributed by atoms with E-state index in [4.69, 9.17) is 12.2 Å². The van der Waals surface area contributed by atoms with Gasteiger partial charge in [-0.3, -0.25) is 0 Å². The average molecular weight is 214 g/mol. The summed E-state index contributed by atoms with van der Waals surface area (Å²) in [4.78, 5) is 4.83. The van der Waals surface area contributed by atoms with Gasteiger partial charge >= 0.3 is 0 Å². The summed E-state index contributed by atoms with van der Waals surface area (Å²) in [6.07, 6.45) is 1.73. The van der Waals surface area contributed by atoms with E-state index in [0.717, 1.165) is 11.4 Å². The monoisotopic (exact) mass is 214 g/mol. The summed E-state index contributed by atoms with van der Waals surface area (Å²) in [6.45, 7) is 0. The average Bonchev–Trinajstić information content (AvgIpc) is 2.31. The fraction of sp³-hybridized carbons (Fsp3) is 0. The summed E-state index contributed by atoms with van der Waals surface area (Å²) in [5.41, 5.74) is 0.998. The molecule has 0 aliphatic carbocycles. The summed E-state index contributed by atoms with van der Waals surface area (Å²) >= 11 is 5.25. The Morgan fingerprint density at radius 1 is 1.00 bits per heavy atom. The third-order valence-corrected chi connectivity index (χ3v) is 2.28. The van der Waals surface area contributed by atoms with Gasteiger partial charge in [-0.25, -0.2) is 4.98 Å². The van der Waals surface area contributed by atoms with E-state index in [-0.39, 0.29) is 0 Å². The number of hydrogen-bond acceptors (Lipinski definition) is 2. The van der Waals surface area contributed by atoms with Crippen molar-refractivity contribution in [3.05, 3.63) is 60.3 Å². The quantitative estimate of drug-likeness (QED) is 0.778. The molecule has 2 rings (SSSR count). The third kappa shape index (κ3) is 2.60. The van der Waals surface area contributed by atoms with Gasteiger partial charge in [0, 0.05) is 11.8 Å². The van der Waals surface area contributed by atoms with E-state index in [9.17, 15) is 0 Å². The molecule has 2 nitrogen and oxygen atoms in total. The minimum Gasteiger partial charge on any atom is -0.331 e. The lowest BCUT2D eigenvalue weighted by molar-refractivity contribution is 1.33. The topological polar surface area (TPSA) is 24.9 Å². The van der Waals surface area contributed by atoms with E-state index < -0.39 is 0 Å². The molecule has 0 aliphatic rings. The second-order valence-electron chi connectivity index (χ2n) is 3.04. The van der Waals surface area contributed by atoms with Crippen LogP contribution in [0.25, 0.3) is 0 Å².